The number of carbonyl (C=O) groups is 2. The molecule has 0 aromatic heterocycles. The minimum Gasteiger partial charge on any atom is -0.480 e. The van der Waals surface area contributed by atoms with Gasteiger partial charge in [-0.2, -0.15) is 0 Å². The van der Waals surface area contributed by atoms with E-state index >= 15 is 0 Å². The smallest absolute Gasteiger partial charge is 0.326 e. The van der Waals surface area contributed by atoms with Gasteiger partial charge in [0.15, 0.2) is 0 Å². The number of carbonyl (C=O) groups excluding carboxylic acids is 1. The molecule has 120 valence electrons. The van der Waals surface area contributed by atoms with Gasteiger partial charge in [-0.05, 0) is 26.4 Å². The maximum Gasteiger partial charge on any atom is 0.326 e. The monoisotopic (exact) mass is 298 g/mol. The van der Waals surface area contributed by atoms with Crippen molar-refractivity contribution >= 4 is 12.0 Å². The van der Waals surface area contributed by atoms with E-state index < -0.39 is 12.0 Å². The fourth-order valence-corrected chi connectivity index (χ4v) is 3.18. The van der Waals surface area contributed by atoms with Crippen molar-refractivity contribution in [2.24, 2.45) is 5.92 Å². The Kier molecular flexibility index (Phi) is 5.05. The van der Waals surface area contributed by atoms with Crippen molar-refractivity contribution in [3.8, 4) is 0 Å². The molecule has 2 saturated heterocycles. The van der Waals surface area contributed by atoms with Gasteiger partial charge in [0.25, 0.3) is 0 Å². The number of carboxylic acid groups (broad SMARTS) is 1. The van der Waals surface area contributed by atoms with Crippen LogP contribution < -0.4 is 5.32 Å². The summed E-state index contributed by atoms with van der Waals surface area (Å²) in [5, 5.41) is 12.2. The van der Waals surface area contributed by atoms with Gasteiger partial charge in [0.1, 0.15) is 6.04 Å². The first-order valence-corrected chi connectivity index (χ1v) is 7.56. The molecule has 2 heterocycles. The molecule has 2 aliphatic rings. The Hall–Kier alpha value is -1.34. The molecule has 3 atom stereocenters. The molecule has 0 saturated carbocycles. The summed E-state index contributed by atoms with van der Waals surface area (Å²) in [6, 6.07) is -0.679. The Morgan fingerprint density at radius 1 is 1.24 bits per heavy atom. The first-order chi connectivity index (χ1) is 9.90. The van der Waals surface area contributed by atoms with Crippen molar-refractivity contribution < 1.29 is 14.7 Å². The predicted molar refractivity (Wildman–Crippen MR) is 79.2 cm³/mol. The number of carboxylic acids is 1. The van der Waals surface area contributed by atoms with Gasteiger partial charge in [-0.25, -0.2) is 9.59 Å². The quantitative estimate of drug-likeness (QED) is 0.750. The van der Waals surface area contributed by atoms with Crippen LogP contribution in [0.4, 0.5) is 4.79 Å². The molecule has 2 N–H and O–H groups in total. The first kappa shape index (κ1) is 16.0. The topological polar surface area (TPSA) is 76.1 Å². The van der Waals surface area contributed by atoms with Crippen LogP contribution in [0.3, 0.4) is 0 Å². The zero-order valence-corrected chi connectivity index (χ0v) is 13.1. The third kappa shape index (κ3) is 3.65. The molecular weight excluding hydrogens is 272 g/mol. The first-order valence-electron chi connectivity index (χ1n) is 7.56. The Bertz CT molecular complexity index is 404. The van der Waals surface area contributed by atoms with E-state index in [1.54, 1.807) is 0 Å². The Balaban J connectivity index is 1.88. The standard InChI is InChI=1S/C14H26N4O3/c1-10-4-5-18(12(10)13(19)20)14(21)15-8-11-9-16(2)6-7-17(11)3/h10-12H,4-9H2,1-3H3,(H,15,21)(H,19,20). The van der Waals surface area contributed by atoms with E-state index in [2.05, 4.69) is 29.2 Å². The summed E-state index contributed by atoms with van der Waals surface area (Å²) < 4.78 is 0. The molecule has 3 unspecified atom stereocenters. The summed E-state index contributed by atoms with van der Waals surface area (Å²) in [5.41, 5.74) is 0. The van der Waals surface area contributed by atoms with Gasteiger partial charge < -0.3 is 20.2 Å². The summed E-state index contributed by atoms with van der Waals surface area (Å²) in [5.74, 6) is -0.901. The van der Waals surface area contributed by atoms with E-state index in [-0.39, 0.29) is 18.0 Å². The van der Waals surface area contributed by atoms with Crippen molar-refractivity contribution in [2.45, 2.75) is 25.4 Å². The van der Waals surface area contributed by atoms with Gasteiger partial charge in [0.05, 0.1) is 0 Å². The van der Waals surface area contributed by atoms with E-state index in [9.17, 15) is 14.7 Å². The molecule has 0 radical (unpaired) electrons. The molecular formula is C14H26N4O3. The second-order valence-electron chi connectivity index (χ2n) is 6.33. The summed E-state index contributed by atoms with van der Waals surface area (Å²) in [6.07, 6.45) is 0.746. The van der Waals surface area contributed by atoms with E-state index in [1.807, 2.05) is 6.92 Å². The molecule has 7 nitrogen and oxygen atoms in total. The average Bonchev–Trinajstić information content (AvgIpc) is 2.81. The molecule has 0 aromatic rings. The Labute approximate surface area is 125 Å². The molecule has 21 heavy (non-hydrogen) atoms. The van der Waals surface area contributed by atoms with Crippen LogP contribution in [0.15, 0.2) is 0 Å². The number of nitrogens with zero attached hydrogens (tertiary/aromatic N) is 3. The number of hydrogen-bond donors (Lipinski definition) is 2. The van der Waals surface area contributed by atoms with Crippen molar-refractivity contribution in [3.63, 3.8) is 0 Å². The van der Waals surface area contributed by atoms with Crippen LogP contribution in [0.1, 0.15) is 13.3 Å². The minimum absolute atomic E-state index is 0.0109. The van der Waals surface area contributed by atoms with Gasteiger partial charge in [-0.1, -0.05) is 6.92 Å². The van der Waals surface area contributed by atoms with Crippen molar-refractivity contribution in [3.05, 3.63) is 0 Å². The van der Waals surface area contributed by atoms with Crippen LogP contribution in [0.25, 0.3) is 0 Å². The molecule has 0 aromatic carbocycles. The number of piperazine rings is 1. The van der Waals surface area contributed by atoms with Gasteiger partial charge in [0.2, 0.25) is 0 Å². The lowest BCUT2D eigenvalue weighted by Gasteiger charge is -2.38. The molecule has 0 bridgehead atoms. The van der Waals surface area contributed by atoms with Gasteiger partial charge in [0, 0.05) is 38.8 Å². The number of likely N-dealkylation sites (N-methyl/N-ethyl adjacent to an activating group) is 2. The van der Waals surface area contributed by atoms with Crippen molar-refractivity contribution in [1.82, 2.24) is 20.0 Å². The number of rotatable bonds is 3. The lowest BCUT2D eigenvalue weighted by molar-refractivity contribution is -0.142. The number of hydrogen-bond acceptors (Lipinski definition) is 4. The summed E-state index contributed by atoms with van der Waals surface area (Å²) in [7, 11) is 4.13. The van der Waals surface area contributed by atoms with Gasteiger partial charge in [-0.15, -0.1) is 0 Å². The zero-order valence-electron chi connectivity index (χ0n) is 13.1. The number of nitrogens with one attached hydrogen (secondary N) is 1. The fourth-order valence-electron chi connectivity index (χ4n) is 3.18. The zero-order chi connectivity index (χ0) is 15.6. The van der Waals surface area contributed by atoms with E-state index in [4.69, 9.17) is 0 Å². The highest BCUT2D eigenvalue weighted by Gasteiger charge is 2.39. The van der Waals surface area contributed by atoms with E-state index in [0.29, 0.717) is 13.1 Å². The van der Waals surface area contributed by atoms with Crippen LogP contribution >= 0.6 is 0 Å². The highest BCUT2D eigenvalue weighted by Crippen LogP contribution is 2.24. The van der Waals surface area contributed by atoms with Crippen LogP contribution in [0, 0.1) is 5.92 Å². The maximum absolute atomic E-state index is 12.3. The summed E-state index contributed by atoms with van der Waals surface area (Å²) in [4.78, 5) is 29.5. The lowest BCUT2D eigenvalue weighted by atomic mass is 10.0. The van der Waals surface area contributed by atoms with Crippen LogP contribution in [-0.2, 0) is 4.79 Å². The van der Waals surface area contributed by atoms with Crippen LogP contribution in [0.5, 0.6) is 0 Å². The number of aliphatic carboxylic acids is 1. The molecule has 2 rings (SSSR count). The number of urea groups is 1. The van der Waals surface area contributed by atoms with Gasteiger partial charge in [-0.3, -0.25) is 4.90 Å². The second kappa shape index (κ2) is 6.62. The van der Waals surface area contributed by atoms with Crippen LogP contribution in [-0.4, -0.2) is 90.7 Å². The minimum atomic E-state index is -0.912. The van der Waals surface area contributed by atoms with Crippen molar-refractivity contribution in [2.75, 3.05) is 46.8 Å². The summed E-state index contributed by atoms with van der Waals surface area (Å²) in [6.45, 7) is 5.88. The third-order valence-electron chi connectivity index (χ3n) is 4.68. The molecule has 2 fully saturated rings. The van der Waals surface area contributed by atoms with Gasteiger partial charge >= 0.3 is 12.0 Å². The molecule has 0 aliphatic carbocycles. The second-order valence-corrected chi connectivity index (χ2v) is 6.33. The number of likely N-dealkylation sites (tertiary alicyclic amines) is 1. The van der Waals surface area contributed by atoms with E-state index in [1.165, 1.54) is 4.90 Å². The maximum atomic E-state index is 12.3. The summed E-state index contributed by atoms with van der Waals surface area (Å²) >= 11 is 0. The molecule has 2 aliphatic heterocycles. The van der Waals surface area contributed by atoms with Crippen molar-refractivity contribution in [1.29, 1.82) is 0 Å². The highest BCUT2D eigenvalue weighted by atomic mass is 16.4. The van der Waals surface area contributed by atoms with E-state index in [0.717, 1.165) is 26.1 Å². The molecule has 7 heteroatoms. The largest absolute Gasteiger partial charge is 0.480 e. The molecule has 0 spiro atoms. The number of amides is 2. The Morgan fingerprint density at radius 2 is 1.95 bits per heavy atom. The predicted octanol–water partition coefficient (Wildman–Crippen LogP) is -0.263. The fraction of sp³-hybridized carbons (Fsp3) is 0.857. The Morgan fingerprint density at radius 3 is 2.62 bits per heavy atom. The van der Waals surface area contributed by atoms with Crippen LogP contribution in [0.2, 0.25) is 0 Å². The normalized spacial score (nSPS) is 31.4. The lowest BCUT2D eigenvalue weighted by Crippen LogP contribution is -2.56. The average molecular weight is 298 g/mol. The third-order valence-corrected chi connectivity index (χ3v) is 4.68. The highest BCUT2D eigenvalue weighted by molar-refractivity contribution is 5.83. The molecule has 2 amide bonds. The SMILES string of the molecule is CC1CCN(C(=O)NCC2CN(C)CCN2C)C1C(=O)O.